The molecule has 0 aliphatic rings. The van der Waals surface area contributed by atoms with E-state index in [4.69, 9.17) is 23.1 Å². The molecule has 0 aliphatic heterocycles. The monoisotopic (exact) mass is 383 g/mol. The lowest BCUT2D eigenvalue weighted by Gasteiger charge is -2.18. The van der Waals surface area contributed by atoms with Crippen LogP contribution in [0.5, 0.6) is 0 Å². The predicted octanol–water partition coefficient (Wildman–Crippen LogP) is 3.71. The number of nitrogens with one attached hydrogen (secondary N) is 2. The van der Waals surface area contributed by atoms with Gasteiger partial charge < -0.3 is 22.1 Å². The molecular formula is C18H18ClN7O. The lowest BCUT2D eigenvalue weighted by molar-refractivity contribution is 0.258. The molecular weight excluding hydrogens is 366 g/mol. The van der Waals surface area contributed by atoms with E-state index in [1.54, 1.807) is 43.4 Å². The van der Waals surface area contributed by atoms with Crippen LogP contribution in [-0.4, -0.2) is 23.0 Å². The van der Waals surface area contributed by atoms with Gasteiger partial charge in [-0.1, -0.05) is 11.6 Å². The summed E-state index contributed by atoms with van der Waals surface area (Å²) in [6.45, 7) is 0. The molecule has 8 nitrogen and oxygen atoms in total. The van der Waals surface area contributed by atoms with Crippen molar-refractivity contribution in [2.45, 2.75) is 0 Å². The fourth-order valence-corrected chi connectivity index (χ4v) is 2.42. The van der Waals surface area contributed by atoms with E-state index in [0.29, 0.717) is 33.7 Å². The van der Waals surface area contributed by atoms with Crippen LogP contribution >= 0.6 is 11.6 Å². The fraction of sp³-hybridized carbons (Fsp3) is 0.0556. The molecule has 1 aromatic heterocycles. The van der Waals surface area contributed by atoms with E-state index < -0.39 is 6.03 Å². The van der Waals surface area contributed by atoms with Crippen molar-refractivity contribution in [3.63, 3.8) is 0 Å². The van der Waals surface area contributed by atoms with E-state index in [2.05, 4.69) is 20.6 Å². The molecule has 0 bridgehead atoms. The third-order valence-electron chi connectivity index (χ3n) is 3.72. The second kappa shape index (κ2) is 7.79. The van der Waals surface area contributed by atoms with Crippen molar-refractivity contribution in [1.29, 1.82) is 0 Å². The minimum atomic E-state index is -0.417. The molecule has 0 saturated carbocycles. The van der Waals surface area contributed by atoms with E-state index in [9.17, 15) is 4.79 Å². The summed E-state index contributed by atoms with van der Waals surface area (Å²) < 4.78 is 0. The number of carbonyl (C=O) groups excluding carboxylic acids is 1. The van der Waals surface area contributed by atoms with Crippen molar-refractivity contribution in [3.05, 3.63) is 59.9 Å². The Labute approximate surface area is 161 Å². The van der Waals surface area contributed by atoms with Crippen LogP contribution in [0.4, 0.5) is 39.2 Å². The van der Waals surface area contributed by atoms with Crippen molar-refractivity contribution in [1.82, 2.24) is 9.97 Å². The van der Waals surface area contributed by atoms with Crippen molar-refractivity contribution in [2.75, 3.05) is 34.0 Å². The van der Waals surface area contributed by atoms with Crippen LogP contribution < -0.4 is 27.0 Å². The van der Waals surface area contributed by atoms with Gasteiger partial charge in [-0.2, -0.15) is 0 Å². The summed E-state index contributed by atoms with van der Waals surface area (Å²) in [4.78, 5) is 22.1. The first kappa shape index (κ1) is 18.3. The van der Waals surface area contributed by atoms with E-state index >= 15 is 0 Å². The molecule has 0 radical (unpaired) electrons. The molecule has 3 aromatic rings. The lowest BCUT2D eigenvalue weighted by atomic mass is 10.3. The molecule has 27 heavy (non-hydrogen) atoms. The van der Waals surface area contributed by atoms with Gasteiger partial charge in [-0.05, 0) is 42.5 Å². The first-order valence-electron chi connectivity index (χ1n) is 7.97. The maximum atomic E-state index is 12.5. The van der Waals surface area contributed by atoms with E-state index in [1.165, 1.54) is 11.2 Å². The van der Waals surface area contributed by atoms with E-state index in [0.717, 1.165) is 5.69 Å². The number of amides is 2. The molecule has 138 valence electrons. The second-order valence-electron chi connectivity index (χ2n) is 5.74. The average Bonchev–Trinajstić information content (AvgIpc) is 2.66. The van der Waals surface area contributed by atoms with Crippen LogP contribution in [-0.2, 0) is 0 Å². The summed E-state index contributed by atoms with van der Waals surface area (Å²) in [6, 6.07) is 13.3. The van der Waals surface area contributed by atoms with Gasteiger partial charge in [0.05, 0.1) is 10.7 Å². The first-order valence-corrected chi connectivity index (χ1v) is 8.34. The summed E-state index contributed by atoms with van der Waals surface area (Å²) >= 11 is 6.08. The van der Waals surface area contributed by atoms with Gasteiger partial charge >= 0.3 is 6.03 Å². The summed E-state index contributed by atoms with van der Waals surface area (Å²) in [5, 5.41) is 6.22. The Morgan fingerprint density at radius 3 is 2.48 bits per heavy atom. The maximum Gasteiger partial charge on any atom is 0.327 e. The highest BCUT2D eigenvalue weighted by molar-refractivity contribution is 6.34. The van der Waals surface area contributed by atoms with Gasteiger partial charge in [-0.15, -0.1) is 0 Å². The predicted molar refractivity (Wildman–Crippen MR) is 109 cm³/mol. The number of hydrogen-bond acceptors (Lipinski definition) is 6. The van der Waals surface area contributed by atoms with Crippen molar-refractivity contribution in [3.8, 4) is 0 Å². The van der Waals surface area contributed by atoms with Crippen LogP contribution in [0, 0.1) is 0 Å². The van der Waals surface area contributed by atoms with Crippen LogP contribution in [0.1, 0.15) is 0 Å². The molecule has 0 aliphatic carbocycles. The third kappa shape index (κ3) is 4.56. The normalized spacial score (nSPS) is 10.3. The highest BCUT2D eigenvalue weighted by atomic mass is 35.5. The van der Waals surface area contributed by atoms with Gasteiger partial charge in [0, 0.05) is 30.2 Å². The Morgan fingerprint density at radius 2 is 1.74 bits per heavy atom. The maximum absolute atomic E-state index is 12.5. The van der Waals surface area contributed by atoms with Crippen LogP contribution in [0.2, 0.25) is 5.02 Å². The minimum Gasteiger partial charge on any atom is -0.399 e. The zero-order valence-corrected chi connectivity index (χ0v) is 15.2. The summed E-state index contributed by atoms with van der Waals surface area (Å²) in [5.74, 6) is 0.937. The molecule has 1 heterocycles. The standard InChI is InChI=1S/C18H18ClN7O/c1-26(18(27)25-15-8-12(21)4-7-14(15)19)17-9-16(22-10-23-17)24-13-5-2-11(20)3-6-13/h2-10H,20-21H2,1H3,(H,25,27)(H,22,23,24). The summed E-state index contributed by atoms with van der Waals surface area (Å²) in [5.41, 5.74) is 13.8. The van der Waals surface area contributed by atoms with Crippen molar-refractivity contribution < 1.29 is 4.79 Å². The molecule has 2 aromatic carbocycles. The molecule has 2 amide bonds. The SMILES string of the molecule is CN(C(=O)Nc1cc(N)ccc1Cl)c1cc(Nc2ccc(N)cc2)ncn1. The Kier molecular flexibility index (Phi) is 5.28. The highest BCUT2D eigenvalue weighted by Gasteiger charge is 2.15. The second-order valence-corrected chi connectivity index (χ2v) is 6.14. The van der Waals surface area contributed by atoms with Gasteiger partial charge in [0.15, 0.2) is 0 Å². The number of anilines is 6. The fourth-order valence-electron chi connectivity index (χ4n) is 2.25. The number of carbonyl (C=O) groups is 1. The highest BCUT2D eigenvalue weighted by Crippen LogP contribution is 2.25. The topological polar surface area (TPSA) is 122 Å². The van der Waals surface area contributed by atoms with Crippen molar-refractivity contribution in [2.24, 2.45) is 0 Å². The van der Waals surface area contributed by atoms with Gasteiger partial charge in [0.1, 0.15) is 18.0 Å². The summed E-state index contributed by atoms with van der Waals surface area (Å²) in [7, 11) is 1.59. The number of nitrogen functional groups attached to an aromatic ring is 2. The lowest BCUT2D eigenvalue weighted by Crippen LogP contribution is -2.32. The minimum absolute atomic E-state index is 0.388. The number of nitrogens with zero attached hydrogens (tertiary/aromatic N) is 3. The molecule has 0 atom stereocenters. The van der Waals surface area contributed by atoms with Gasteiger partial charge in [-0.3, -0.25) is 4.90 Å². The molecule has 0 saturated heterocycles. The van der Waals surface area contributed by atoms with Gasteiger partial charge in [0.25, 0.3) is 0 Å². The van der Waals surface area contributed by atoms with Gasteiger partial charge in [-0.25, -0.2) is 14.8 Å². The number of halogens is 1. The molecule has 6 N–H and O–H groups in total. The number of hydrogen-bond donors (Lipinski definition) is 4. The Bertz CT molecular complexity index is 962. The molecule has 0 spiro atoms. The zero-order chi connectivity index (χ0) is 19.4. The Morgan fingerprint density at radius 1 is 1.04 bits per heavy atom. The van der Waals surface area contributed by atoms with E-state index in [1.807, 2.05) is 12.1 Å². The Balaban J connectivity index is 1.74. The third-order valence-corrected chi connectivity index (χ3v) is 4.05. The molecule has 3 rings (SSSR count). The molecule has 9 heteroatoms. The van der Waals surface area contributed by atoms with Crippen LogP contribution in [0.15, 0.2) is 54.9 Å². The number of rotatable bonds is 4. The van der Waals surface area contributed by atoms with Crippen LogP contribution in [0.25, 0.3) is 0 Å². The average molecular weight is 384 g/mol. The number of benzene rings is 2. The largest absolute Gasteiger partial charge is 0.399 e. The number of nitrogens with two attached hydrogens (primary N) is 2. The van der Waals surface area contributed by atoms with Crippen molar-refractivity contribution >= 4 is 52.0 Å². The number of aromatic nitrogens is 2. The molecule has 0 fully saturated rings. The zero-order valence-electron chi connectivity index (χ0n) is 14.5. The smallest absolute Gasteiger partial charge is 0.327 e. The van der Waals surface area contributed by atoms with Gasteiger partial charge in [0.2, 0.25) is 0 Å². The molecule has 0 unspecified atom stereocenters. The number of urea groups is 1. The quantitative estimate of drug-likeness (QED) is 0.509. The summed E-state index contributed by atoms with van der Waals surface area (Å²) in [6.07, 6.45) is 1.37. The van der Waals surface area contributed by atoms with Crippen LogP contribution in [0.3, 0.4) is 0 Å². The van der Waals surface area contributed by atoms with E-state index in [-0.39, 0.29) is 0 Å². The Hall–Kier alpha value is -3.52. The first-order chi connectivity index (χ1) is 12.9.